The van der Waals surface area contributed by atoms with Gasteiger partial charge in [0.25, 0.3) is 5.91 Å². The zero-order valence-electron chi connectivity index (χ0n) is 11.8. The van der Waals surface area contributed by atoms with E-state index in [1.54, 1.807) is 0 Å². The van der Waals surface area contributed by atoms with E-state index < -0.39 is 41.0 Å². The maximum Gasteiger partial charge on any atom is 0.416 e. The molecule has 2 rings (SSSR count). The molecule has 3 N–H and O–H groups in total. The Labute approximate surface area is 127 Å². The van der Waals surface area contributed by atoms with Gasteiger partial charge in [-0.25, -0.2) is 0 Å². The number of nitrogens with two attached hydrogens (primary N) is 1. The summed E-state index contributed by atoms with van der Waals surface area (Å²) in [5, 5.41) is 2.40. The van der Waals surface area contributed by atoms with Crippen LogP contribution in [0.4, 0.5) is 26.3 Å². The van der Waals surface area contributed by atoms with Crippen molar-refractivity contribution < 1.29 is 31.1 Å². The Balaban J connectivity index is 2.34. The largest absolute Gasteiger partial charge is 0.416 e. The van der Waals surface area contributed by atoms with E-state index in [0.29, 0.717) is 12.1 Å². The van der Waals surface area contributed by atoms with Crippen LogP contribution in [-0.2, 0) is 12.4 Å². The van der Waals surface area contributed by atoms with Crippen molar-refractivity contribution in [2.75, 3.05) is 6.54 Å². The summed E-state index contributed by atoms with van der Waals surface area (Å²) in [5.41, 5.74) is 1.73. The Kier molecular flexibility index (Phi) is 4.61. The second-order valence-electron chi connectivity index (χ2n) is 5.45. The fraction of sp³-hybridized carbons (Fsp3) is 0.500. The third-order valence-corrected chi connectivity index (χ3v) is 3.61. The van der Waals surface area contributed by atoms with Gasteiger partial charge in [0.1, 0.15) is 0 Å². The van der Waals surface area contributed by atoms with Crippen molar-refractivity contribution in [1.82, 2.24) is 5.32 Å². The number of rotatable bonds is 4. The van der Waals surface area contributed by atoms with Crippen LogP contribution < -0.4 is 11.1 Å². The van der Waals surface area contributed by atoms with Gasteiger partial charge in [0.15, 0.2) is 0 Å². The van der Waals surface area contributed by atoms with E-state index in [2.05, 4.69) is 5.32 Å². The number of hydrogen-bond donors (Lipinski definition) is 2. The first-order chi connectivity index (χ1) is 10.5. The van der Waals surface area contributed by atoms with Crippen LogP contribution in [0.15, 0.2) is 18.2 Å². The van der Waals surface area contributed by atoms with Gasteiger partial charge in [-0.1, -0.05) is 0 Å². The van der Waals surface area contributed by atoms with Crippen molar-refractivity contribution in [2.45, 2.75) is 31.2 Å². The SMILES string of the molecule is NCC(NC(=O)c1cc(C(F)(F)F)cc(C(F)(F)F)c1)C1CC1. The second-order valence-corrected chi connectivity index (χ2v) is 5.45. The van der Waals surface area contributed by atoms with Crippen LogP contribution in [0.3, 0.4) is 0 Å². The minimum atomic E-state index is -4.99. The normalized spacial score (nSPS) is 17.0. The molecule has 1 fully saturated rings. The first kappa shape index (κ1) is 17.6. The quantitative estimate of drug-likeness (QED) is 0.827. The van der Waals surface area contributed by atoms with Gasteiger partial charge in [0.2, 0.25) is 0 Å². The molecule has 0 saturated heterocycles. The second kappa shape index (κ2) is 6.03. The maximum absolute atomic E-state index is 12.7. The van der Waals surface area contributed by atoms with Crippen molar-refractivity contribution in [2.24, 2.45) is 11.7 Å². The smallest absolute Gasteiger partial charge is 0.348 e. The summed E-state index contributed by atoms with van der Waals surface area (Å²) in [5.74, 6) is -0.874. The molecule has 1 unspecified atom stereocenters. The minimum absolute atomic E-state index is 0.0158. The van der Waals surface area contributed by atoms with Gasteiger partial charge >= 0.3 is 12.4 Å². The number of halogens is 6. The van der Waals surface area contributed by atoms with E-state index >= 15 is 0 Å². The lowest BCUT2D eigenvalue weighted by Gasteiger charge is -2.18. The molecule has 0 heterocycles. The van der Waals surface area contributed by atoms with Gasteiger partial charge < -0.3 is 11.1 Å². The molecule has 0 bridgehead atoms. The lowest BCUT2D eigenvalue weighted by Crippen LogP contribution is -2.41. The van der Waals surface area contributed by atoms with Crippen molar-refractivity contribution in [3.05, 3.63) is 34.9 Å². The minimum Gasteiger partial charge on any atom is -0.348 e. The number of nitrogens with one attached hydrogen (secondary N) is 1. The van der Waals surface area contributed by atoms with Gasteiger partial charge in [-0.15, -0.1) is 0 Å². The summed E-state index contributed by atoms with van der Waals surface area (Å²) in [6.07, 6.45) is -8.34. The lowest BCUT2D eigenvalue weighted by atomic mass is 10.0. The molecule has 0 aromatic heterocycles. The predicted octanol–water partition coefficient (Wildman–Crippen LogP) is 3.19. The highest BCUT2D eigenvalue weighted by Gasteiger charge is 2.38. The molecule has 1 aliphatic carbocycles. The molecule has 0 spiro atoms. The van der Waals surface area contributed by atoms with Gasteiger partial charge in [-0.3, -0.25) is 4.79 Å². The summed E-state index contributed by atoms with van der Waals surface area (Å²) in [7, 11) is 0. The van der Waals surface area contributed by atoms with Crippen LogP contribution in [0.1, 0.15) is 34.3 Å². The van der Waals surface area contributed by atoms with E-state index in [4.69, 9.17) is 5.73 Å². The topological polar surface area (TPSA) is 55.1 Å². The van der Waals surface area contributed by atoms with E-state index in [9.17, 15) is 31.1 Å². The summed E-state index contributed by atoms with van der Waals surface area (Å²) in [6.45, 7) is 0.0709. The zero-order valence-corrected chi connectivity index (χ0v) is 11.8. The summed E-state index contributed by atoms with van der Waals surface area (Å²) < 4.78 is 76.5. The Morgan fingerprint density at radius 3 is 1.91 bits per heavy atom. The van der Waals surface area contributed by atoms with E-state index in [-0.39, 0.29) is 18.5 Å². The highest BCUT2D eigenvalue weighted by Crippen LogP contribution is 2.36. The van der Waals surface area contributed by atoms with Gasteiger partial charge in [-0.2, -0.15) is 26.3 Å². The molecular weight excluding hydrogens is 326 g/mol. The average Bonchev–Trinajstić information content (AvgIpc) is 3.26. The predicted molar refractivity (Wildman–Crippen MR) is 69.5 cm³/mol. The fourth-order valence-corrected chi connectivity index (χ4v) is 2.21. The molecule has 1 atom stereocenters. The van der Waals surface area contributed by atoms with Crippen LogP contribution >= 0.6 is 0 Å². The van der Waals surface area contributed by atoms with Crippen molar-refractivity contribution in [3.8, 4) is 0 Å². The molecule has 128 valence electrons. The van der Waals surface area contributed by atoms with Crippen LogP contribution in [0.5, 0.6) is 0 Å². The Morgan fingerprint density at radius 2 is 1.57 bits per heavy atom. The first-order valence-electron chi connectivity index (χ1n) is 6.83. The molecule has 1 aliphatic rings. The summed E-state index contributed by atoms with van der Waals surface area (Å²) >= 11 is 0. The Bertz CT molecular complexity index is 560. The van der Waals surface area contributed by atoms with E-state index in [0.717, 1.165) is 12.8 Å². The monoisotopic (exact) mass is 340 g/mol. The van der Waals surface area contributed by atoms with Gasteiger partial charge in [0.05, 0.1) is 11.1 Å². The standard InChI is InChI=1S/C14H14F6N2O/c15-13(16,17)9-3-8(4-10(5-9)14(18,19)20)12(23)22-11(6-21)7-1-2-7/h3-5,7,11H,1-2,6,21H2,(H,22,23). The van der Waals surface area contributed by atoms with Crippen molar-refractivity contribution in [3.63, 3.8) is 0 Å². The number of hydrogen-bond acceptors (Lipinski definition) is 2. The first-order valence-corrected chi connectivity index (χ1v) is 6.83. The number of carbonyl (C=O) groups excluding carboxylic acids is 1. The lowest BCUT2D eigenvalue weighted by molar-refractivity contribution is -0.143. The highest BCUT2D eigenvalue weighted by molar-refractivity contribution is 5.95. The number of alkyl halides is 6. The van der Waals surface area contributed by atoms with E-state index in [1.807, 2.05) is 0 Å². The van der Waals surface area contributed by atoms with Crippen LogP contribution in [0, 0.1) is 5.92 Å². The van der Waals surface area contributed by atoms with E-state index in [1.165, 1.54) is 0 Å². The molecule has 9 heteroatoms. The molecule has 0 aliphatic heterocycles. The summed E-state index contributed by atoms with van der Waals surface area (Å²) in [4.78, 5) is 12.0. The molecular formula is C14H14F6N2O. The summed E-state index contributed by atoms with van der Waals surface area (Å²) in [6, 6.07) is 0.347. The third-order valence-electron chi connectivity index (χ3n) is 3.61. The Morgan fingerprint density at radius 1 is 1.09 bits per heavy atom. The van der Waals surface area contributed by atoms with Gasteiger partial charge in [0, 0.05) is 18.2 Å². The average molecular weight is 340 g/mol. The molecule has 1 amide bonds. The van der Waals surface area contributed by atoms with Crippen molar-refractivity contribution in [1.29, 1.82) is 0 Å². The van der Waals surface area contributed by atoms with Crippen LogP contribution in [0.2, 0.25) is 0 Å². The van der Waals surface area contributed by atoms with Crippen LogP contribution in [-0.4, -0.2) is 18.5 Å². The van der Waals surface area contributed by atoms with Crippen LogP contribution in [0.25, 0.3) is 0 Å². The van der Waals surface area contributed by atoms with Gasteiger partial charge in [-0.05, 0) is 37.0 Å². The number of amides is 1. The molecule has 3 nitrogen and oxygen atoms in total. The molecule has 1 aromatic carbocycles. The molecule has 1 aromatic rings. The molecule has 1 saturated carbocycles. The number of carbonyl (C=O) groups is 1. The third kappa shape index (κ3) is 4.37. The highest BCUT2D eigenvalue weighted by atomic mass is 19.4. The fourth-order valence-electron chi connectivity index (χ4n) is 2.21. The molecule has 0 radical (unpaired) electrons. The number of benzene rings is 1. The zero-order chi connectivity index (χ0) is 17.4. The maximum atomic E-state index is 12.7. The van der Waals surface area contributed by atoms with Crippen molar-refractivity contribution >= 4 is 5.91 Å². The Hall–Kier alpha value is -1.77. The molecule has 23 heavy (non-hydrogen) atoms.